The molecule has 0 unspecified atom stereocenters. The molecule has 0 bridgehead atoms. The van der Waals surface area contributed by atoms with Crippen LogP contribution in [0.1, 0.15) is 27.7 Å². The molecule has 0 aliphatic rings. The fourth-order valence-electron chi connectivity index (χ4n) is 1.58. The fourth-order valence-corrected chi connectivity index (χ4v) is 1.58. The van der Waals surface area contributed by atoms with E-state index in [0.717, 1.165) is 17.8 Å². The monoisotopic (exact) mass is 363 g/mol. The molecule has 0 spiro atoms. The predicted octanol–water partition coefficient (Wildman–Crippen LogP) is 4.24. The number of carbonyl (C=O) groups excluding carboxylic acids is 2. The number of hydrogen-bond acceptors (Lipinski definition) is 3. The number of rotatable bonds is 4. The van der Waals surface area contributed by atoms with Gasteiger partial charge in [-0.1, -0.05) is 27.7 Å². The summed E-state index contributed by atoms with van der Waals surface area (Å²) < 4.78 is 25.2. The fraction of sp³-hybridized carbons (Fsp3) is 0.316. The van der Waals surface area contributed by atoms with E-state index < -0.39 is 11.6 Å². The highest BCUT2D eigenvalue weighted by Gasteiger charge is 2.09. The number of benzene rings is 1. The molecule has 0 radical (unpaired) electrons. The second-order valence-electron chi connectivity index (χ2n) is 6.15. The first-order valence-corrected chi connectivity index (χ1v) is 8.17. The second kappa shape index (κ2) is 10.2. The van der Waals surface area contributed by atoms with E-state index in [1.165, 1.54) is 6.07 Å². The molecule has 0 saturated carbocycles. The van der Waals surface area contributed by atoms with Gasteiger partial charge in [-0.05, 0) is 24.3 Å². The smallest absolute Gasteiger partial charge is 0.226 e. The number of carbonyl (C=O) groups is 2. The standard InChI is InChI=1S/C10H11F2NO.C9H12N2O/c1-6(2)10(14)13-7-3-4-8(11)9(12)5-7;1-7(2)9(12)11-8-3-5-10-6-4-8/h3-6H,1-2H3,(H,13,14);3-7H,1-2H3,(H,10,11,12). The molecular formula is C19H23F2N3O2. The van der Waals surface area contributed by atoms with Crippen molar-refractivity contribution in [3.8, 4) is 0 Å². The van der Waals surface area contributed by atoms with Crippen LogP contribution in [0, 0.1) is 23.5 Å². The molecule has 26 heavy (non-hydrogen) atoms. The Morgan fingerprint density at radius 2 is 1.31 bits per heavy atom. The molecule has 0 atom stereocenters. The van der Waals surface area contributed by atoms with Crippen LogP contribution in [0.5, 0.6) is 0 Å². The minimum atomic E-state index is -0.966. The summed E-state index contributed by atoms with van der Waals surface area (Å²) in [5.74, 6) is -2.27. The average molecular weight is 363 g/mol. The summed E-state index contributed by atoms with van der Waals surface area (Å²) in [5.41, 5.74) is 1.06. The molecule has 1 aromatic heterocycles. The Hall–Kier alpha value is -2.83. The lowest BCUT2D eigenvalue weighted by atomic mass is 10.2. The van der Waals surface area contributed by atoms with Gasteiger partial charge in [0.05, 0.1) is 0 Å². The van der Waals surface area contributed by atoms with Crippen molar-refractivity contribution in [1.29, 1.82) is 0 Å². The van der Waals surface area contributed by atoms with Crippen molar-refractivity contribution in [2.24, 2.45) is 11.8 Å². The van der Waals surface area contributed by atoms with Gasteiger partial charge in [0.25, 0.3) is 0 Å². The number of pyridine rings is 1. The van der Waals surface area contributed by atoms with Crippen molar-refractivity contribution >= 4 is 23.2 Å². The zero-order valence-corrected chi connectivity index (χ0v) is 15.2. The molecular weight excluding hydrogens is 340 g/mol. The summed E-state index contributed by atoms with van der Waals surface area (Å²) in [6, 6.07) is 6.78. The van der Waals surface area contributed by atoms with E-state index in [-0.39, 0.29) is 29.3 Å². The van der Waals surface area contributed by atoms with Crippen LogP contribution in [0.25, 0.3) is 0 Å². The van der Waals surface area contributed by atoms with Crippen molar-refractivity contribution < 1.29 is 18.4 Å². The van der Waals surface area contributed by atoms with Crippen LogP contribution in [0.15, 0.2) is 42.7 Å². The van der Waals surface area contributed by atoms with Gasteiger partial charge in [-0.3, -0.25) is 14.6 Å². The Balaban J connectivity index is 0.000000263. The number of aromatic nitrogens is 1. The number of nitrogens with one attached hydrogen (secondary N) is 2. The summed E-state index contributed by atoms with van der Waals surface area (Å²) >= 11 is 0. The van der Waals surface area contributed by atoms with Gasteiger partial charge in [-0.15, -0.1) is 0 Å². The van der Waals surface area contributed by atoms with Crippen LogP contribution in [0.3, 0.4) is 0 Å². The van der Waals surface area contributed by atoms with Crippen molar-refractivity contribution in [1.82, 2.24) is 4.98 Å². The molecule has 0 aliphatic heterocycles. The van der Waals surface area contributed by atoms with Gasteiger partial charge in [-0.25, -0.2) is 8.78 Å². The zero-order valence-electron chi connectivity index (χ0n) is 15.2. The van der Waals surface area contributed by atoms with E-state index in [4.69, 9.17) is 0 Å². The molecule has 2 rings (SSSR count). The Kier molecular flexibility index (Phi) is 8.34. The third-order valence-corrected chi connectivity index (χ3v) is 3.18. The van der Waals surface area contributed by atoms with Crippen molar-refractivity contribution in [3.63, 3.8) is 0 Å². The maximum absolute atomic E-state index is 12.7. The molecule has 2 N–H and O–H groups in total. The lowest BCUT2D eigenvalue weighted by Crippen LogP contribution is -2.17. The van der Waals surface area contributed by atoms with Crippen LogP contribution in [0.2, 0.25) is 0 Å². The second-order valence-corrected chi connectivity index (χ2v) is 6.15. The number of amides is 2. The van der Waals surface area contributed by atoms with Gasteiger partial charge in [0.1, 0.15) is 0 Å². The van der Waals surface area contributed by atoms with Gasteiger partial charge < -0.3 is 10.6 Å². The van der Waals surface area contributed by atoms with E-state index in [1.807, 2.05) is 13.8 Å². The first-order chi connectivity index (χ1) is 12.2. The first-order valence-electron chi connectivity index (χ1n) is 8.17. The van der Waals surface area contributed by atoms with E-state index in [9.17, 15) is 18.4 Å². The quantitative estimate of drug-likeness (QED) is 0.854. The molecule has 5 nitrogen and oxygen atoms in total. The van der Waals surface area contributed by atoms with Crippen LogP contribution < -0.4 is 10.6 Å². The molecule has 0 aliphatic carbocycles. The van der Waals surface area contributed by atoms with E-state index >= 15 is 0 Å². The molecule has 1 aromatic carbocycles. The summed E-state index contributed by atoms with van der Waals surface area (Å²) in [4.78, 5) is 26.2. The highest BCUT2D eigenvalue weighted by atomic mass is 19.2. The maximum Gasteiger partial charge on any atom is 0.226 e. The first kappa shape index (κ1) is 21.2. The lowest BCUT2D eigenvalue weighted by Gasteiger charge is -2.07. The van der Waals surface area contributed by atoms with Crippen LogP contribution >= 0.6 is 0 Å². The average Bonchev–Trinajstić information content (AvgIpc) is 2.59. The number of nitrogens with zero attached hydrogens (tertiary/aromatic N) is 1. The number of halogens is 2. The molecule has 140 valence electrons. The van der Waals surface area contributed by atoms with Crippen molar-refractivity contribution in [3.05, 3.63) is 54.4 Å². The molecule has 2 amide bonds. The number of hydrogen-bond donors (Lipinski definition) is 2. The van der Waals surface area contributed by atoms with Crippen LogP contribution in [-0.4, -0.2) is 16.8 Å². The lowest BCUT2D eigenvalue weighted by molar-refractivity contribution is -0.119. The van der Waals surface area contributed by atoms with Gasteiger partial charge in [0.2, 0.25) is 11.8 Å². The Bertz CT molecular complexity index is 735. The van der Waals surface area contributed by atoms with E-state index in [2.05, 4.69) is 15.6 Å². The van der Waals surface area contributed by atoms with Crippen LogP contribution in [-0.2, 0) is 9.59 Å². The zero-order chi connectivity index (χ0) is 19.7. The highest BCUT2D eigenvalue weighted by molar-refractivity contribution is 5.92. The van der Waals surface area contributed by atoms with E-state index in [1.54, 1.807) is 38.4 Å². The SMILES string of the molecule is CC(C)C(=O)Nc1ccc(F)c(F)c1.CC(C)C(=O)Nc1ccncc1. The maximum atomic E-state index is 12.7. The summed E-state index contributed by atoms with van der Waals surface area (Å²) in [6.07, 6.45) is 3.30. The van der Waals surface area contributed by atoms with Gasteiger partial charge >= 0.3 is 0 Å². The largest absolute Gasteiger partial charge is 0.326 e. The Morgan fingerprint density at radius 3 is 1.77 bits per heavy atom. The summed E-state index contributed by atoms with van der Waals surface area (Å²) in [7, 11) is 0. The van der Waals surface area contributed by atoms with Crippen molar-refractivity contribution in [2.45, 2.75) is 27.7 Å². The topological polar surface area (TPSA) is 71.1 Å². The minimum absolute atomic E-state index is 0.0122. The Morgan fingerprint density at radius 1 is 0.808 bits per heavy atom. The Labute approximate surface area is 151 Å². The molecule has 7 heteroatoms. The normalized spacial score (nSPS) is 10.2. The predicted molar refractivity (Wildman–Crippen MR) is 97.5 cm³/mol. The molecule has 0 fully saturated rings. The van der Waals surface area contributed by atoms with Crippen molar-refractivity contribution in [2.75, 3.05) is 10.6 Å². The van der Waals surface area contributed by atoms with Gasteiger partial charge in [-0.2, -0.15) is 0 Å². The molecule has 0 saturated heterocycles. The minimum Gasteiger partial charge on any atom is -0.326 e. The summed E-state index contributed by atoms with van der Waals surface area (Å²) in [6.45, 7) is 7.15. The summed E-state index contributed by atoms with van der Waals surface area (Å²) in [5, 5.41) is 5.23. The number of anilines is 2. The highest BCUT2D eigenvalue weighted by Crippen LogP contribution is 2.13. The van der Waals surface area contributed by atoms with Gasteiger partial charge in [0, 0.05) is 41.7 Å². The molecule has 2 aromatic rings. The van der Waals surface area contributed by atoms with Crippen LogP contribution in [0.4, 0.5) is 20.2 Å². The van der Waals surface area contributed by atoms with E-state index in [0.29, 0.717) is 0 Å². The van der Waals surface area contributed by atoms with Gasteiger partial charge in [0.15, 0.2) is 11.6 Å². The molecule has 1 heterocycles. The third-order valence-electron chi connectivity index (χ3n) is 3.18. The third kappa shape index (κ3) is 7.38.